The monoisotopic (exact) mass is 719 g/mol. The Morgan fingerprint density at radius 2 is 0.945 bits per heavy atom. The molecule has 0 bridgehead atoms. The van der Waals surface area contributed by atoms with Crippen molar-refractivity contribution in [2.75, 3.05) is 4.90 Å². The number of rotatable bonds is 6. The van der Waals surface area contributed by atoms with Gasteiger partial charge in [0.2, 0.25) is 0 Å². The molecule has 3 heteroatoms. The summed E-state index contributed by atoms with van der Waals surface area (Å²) in [6.45, 7) is 0. The minimum Gasteiger partial charge on any atom is -0.456 e. The zero-order chi connectivity index (χ0) is 36.3. The third-order valence-corrected chi connectivity index (χ3v) is 12.0. The minimum absolute atomic E-state index is 0.870. The van der Waals surface area contributed by atoms with E-state index >= 15 is 0 Å². The van der Waals surface area contributed by atoms with Crippen molar-refractivity contribution in [1.82, 2.24) is 0 Å². The molecule has 0 saturated carbocycles. The first kappa shape index (κ1) is 31.6. The van der Waals surface area contributed by atoms with Gasteiger partial charge in [-0.1, -0.05) is 146 Å². The summed E-state index contributed by atoms with van der Waals surface area (Å²) < 4.78 is 9.03. The molecule has 2 heterocycles. The molecule has 0 radical (unpaired) electrons. The average Bonchev–Trinajstić information content (AvgIpc) is 3.82. The number of fused-ring (bicyclic) bond motifs is 7. The number of thiophene rings is 1. The van der Waals surface area contributed by atoms with E-state index in [1.807, 2.05) is 23.5 Å². The van der Waals surface area contributed by atoms with Crippen LogP contribution in [0.5, 0.6) is 0 Å². The molecule has 0 N–H and O–H groups in total. The molecule has 9 aromatic carbocycles. The van der Waals surface area contributed by atoms with E-state index in [2.05, 4.69) is 193 Å². The summed E-state index contributed by atoms with van der Waals surface area (Å²) in [5, 5.41) is 7.36. The van der Waals surface area contributed by atoms with Gasteiger partial charge >= 0.3 is 0 Å². The van der Waals surface area contributed by atoms with Crippen LogP contribution in [0.2, 0.25) is 0 Å². The van der Waals surface area contributed by atoms with Gasteiger partial charge in [-0.25, -0.2) is 0 Å². The lowest BCUT2D eigenvalue weighted by molar-refractivity contribution is 0.669. The van der Waals surface area contributed by atoms with Crippen LogP contribution in [0.15, 0.2) is 205 Å². The maximum absolute atomic E-state index is 6.44. The summed E-state index contributed by atoms with van der Waals surface area (Å²) in [5.41, 5.74) is 12.2. The number of nitrogens with zero attached hydrogens (tertiary/aromatic N) is 1. The second-order valence-corrected chi connectivity index (χ2v) is 15.1. The van der Waals surface area contributed by atoms with Crippen molar-refractivity contribution in [2.24, 2.45) is 0 Å². The van der Waals surface area contributed by atoms with Crippen molar-refractivity contribution in [3.8, 4) is 33.4 Å². The summed E-state index contributed by atoms with van der Waals surface area (Å²) in [7, 11) is 0. The molecule has 0 aliphatic rings. The quantitative estimate of drug-likeness (QED) is 0.170. The van der Waals surface area contributed by atoms with Gasteiger partial charge in [-0.2, -0.15) is 0 Å². The standard InChI is InChI=1S/C52H33NOS/c1-2-13-40-36(11-1)12-9-17-41(40)37-25-23-34(24-26-37)35-27-29-38(30-28-35)53(39-31-32-44-43-15-4-7-20-48(43)54-49(44)33-39)47-19-6-3-14-42(47)45-18-10-22-51-52(45)46-16-5-8-21-50(46)55-51/h1-33H. The van der Waals surface area contributed by atoms with E-state index in [0.29, 0.717) is 0 Å². The average molecular weight is 720 g/mol. The predicted molar refractivity (Wildman–Crippen MR) is 235 cm³/mol. The van der Waals surface area contributed by atoms with Gasteiger partial charge in [-0.05, 0) is 87.1 Å². The minimum atomic E-state index is 0.870. The number of benzene rings is 9. The number of para-hydroxylation sites is 2. The molecule has 0 atom stereocenters. The second-order valence-electron chi connectivity index (χ2n) is 14.1. The predicted octanol–water partition coefficient (Wildman–Crippen LogP) is 15.6. The SMILES string of the molecule is c1ccc(N(c2ccc(-c3ccc(-c4cccc5ccccc45)cc3)cc2)c2ccc3c(c2)oc2ccccc23)c(-c2cccc3sc4ccccc4c23)c1. The smallest absolute Gasteiger partial charge is 0.137 e. The van der Waals surface area contributed by atoms with E-state index in [0.717, 1.165) is 39.0 Å². The van der Waals surface area contributed by atoms with Gasteiger partial charge in [-0.3, -0.25) is 0 Å². The number of furan rings is 1. The van der Waals surface area contributed by atoms with Crippen molar-refractivity contribution in [2.45, 2.75) is 0 Å². The van der Waals surface area contributed by atoms with Gasteiger partial charge in [0.1, 0.15) is 11.2 Å². The fourth-order valence-electron chi connectivity index (χ4n) is 8.30. The van der Waals surface area contributed by atoms with Crippen LogP contribution in [-0.2, 0) is 0 Å². The molecular weight excluding hydrogens is 687 g/mol. The van der Waals surface area contributed by atoms with Crippen LogP contribution in [-0.4, -0.2) is 0 Å². The first-order valence-corrected chi connectivity index (χ1v) is 19.5. The third kappa shape index (κ3) is 5.32. The molecule has 0 amide bonds. The molecule has 11 rings (SSSR count). The van der Waals surface area contributed by atoms with Crippen molar-refractivity contribution in [1.29, 1.82) is 0 Å². The molecule has 55 heavy (non-hydrogen) atoms. The topological polar surface area (TPSA) is 16.4 Å². The summed E-state index contributed by atoms with van der Waals surface area (Å²) in [4.78, 5) is 2.38. The van der Waals surface area contributed by atoms with Gasteiger partial charge in [0, 0.05) is 53.9 Å². The van der Waals surface area contributed by atoms with E-state index in [9.17, 15) is 0 Å². The number of anilines is 3. The maximum Gasteiger partial charge on any atom is 0.137 e. The zero-order valence-corrected chi connectivity index (χ0v) is 30.6. The molecule has 0 spiro atoms. The van der Waals surface area contributed by atoms with Gasteiger partial charge in [0.05, 0.1) is 5.69 Å². The lowest BCUT2D eigenvalue weighted by atomic mass is 9.96. The Labute approximate surface area is 322 Å². The largest absolute Gasteiger partial charge is 0.456 e. The molecule has 0 unspecified atom stereocenters. The Morgan fingerprint density at radius 1 is 0.364 bits per heavy atom. The summed E-state index contributed by atoms with van der Waals surface area (Å²) in [6, 6.07) is 72.2. The third-order valence-electron chi connectivity index (χ3n) is 10.9. The van der Waals surface area contributed by atoms with Gasteiger partial charge in [0.25, 0.3) is 0 Å². The highest BCUT2D eigenvalue weighted by molar-refractivity contribution is 7.25. The number of hydrogen-bond acceptors (Lipinski definition) is 3. The fourth-order valence-corrected chi connectivity index (χ4v) is 9.43. The second kappa shape index (κ2) is 12.9. The van der Waals surface area contributed by atoms with Crippen LogP contribution in [0.1, 0.15) is 0 Å². The van der Waals surface area contributed by atoms with Crippen molar-refractivity contribution in [3.05, 3.63) is 200 Å². The molecule has 2 nitrogen and oxygen atoms in total. The fraction of sp³-hybridized carbons (Fsp3) is 0. The first-order chi connectivity index (χ1) is 27.3. The van der Waals surface area contributed by atoms with Crippen LogP contribution in [0.4, 0.5) is 17.1 Å². The molecule has 0 saturated heterocycles. The molecular formula is C52H33NOS. The van der Waals surface area contributed by atoms with Crippen LogP contribution in [0.25, 0.3) is 86.3 Å². The van der Waals surface area contributed by atoms with Gasteiger partial charge in [0.15, 0.2) is 0 Å². The Balaban J connectivity index is 1.04. The summed E-state index contributed by atoms with van der Waals surface area (Å²) in [6.07, 6.45) is 0. The highest BCUT2D eigenvalue weighted by atomic mass is 32.1. The molecule has 0 fully saturated rings. The molecule has 11 aromatic rings. The lowest BCUT2D eigenvalue weighted by Gasteiger charge is -2.28. The molecule has 0 aliphatic heterocycles. The molecule has 258 valence electrons. The summed E-state index contributed by atoms with van der Waals surface area (Å²) >= 11 is 1.85. The van der Waals surface area contributed by atoms with Crippen molar-refractivity contribution < 1.29 is 4.42 Å². The van der Waals surface area contributed by atoms with Gasteiger partial charge < -0.3 is 9.32 Å². The van der Waals surface area contributed by atoms with Crippen LogP contribution >= 0.6 is 11.3 Å². The molecule has 0 aliphatic carbocycles. The van der Waals surface area contributed by atoms with Crippen LogP contribution < -0.4 is 4.90 Å². The van der Waals surface area contributed by atoms with E-state index in [1.165, 1.54) is 64.3 Å². The Hall–Kier alpha value is -6.94. The maximum atomic E-state index is 6.44. The Morgan fingerprint density at radius 3 is 1.82 bits per heavy atom. The van der Waals surface area contributed by atoms with Gasteiger partial charge in [-0.15, -0.1) is 11.3 Å². The summed E-state index contributed by atoms with van der Waals surface area (Å²) in [5.74, 6) is 0. The van der Waals surface area contributed by atoms with E-state index in [1.54, 1.807) is 0 Å². The molecule has 2 aromatic heterocycles. The van der Waals surface area contributed by atoms with E-state index in [4.69, 9.17) is 4.42 Å². The van der Waals surface area contributed by atoms with Crippen molar-refractivity contribution >= 4 is 81.3 Å². The van der Waals surface area contributed by atoms with E-state index in [-0.39, 0.29) is 0 Å². The Bertz CT molecular complexity index is 3200. The Kier molecular flexibility index (Phi) is 7.39. The number of hydrogen-bond donors (Lipinski definition) is 0. The highest BCUT2D eigenvalue weighted by Gasteiger charge is 2.21. The lowest BCUT2D eigenvalue weighted by Crippen LogP contribution is -2.11. The van der Waals surface area contributed by atoms with E-state index < -0.39 is 0 Å². The normalized spacial score (nSPS) is 11.6. The highest BCUT2D eigenvalue weighted by Crippen LogP contribution is 2.47. The van der Waals surface area contributed by atoms with Crippen LogP contribution in [0, 0.1) is 0 Å². The van der Waals surface area contributed by atoms with Crippen LogP contribution in [0.3, 0.4) is 0 Å². The zero-order valence-electron chi connectivity index (χ0n) is 29.8. The van der Waals surface area contributed by atoms with Crippen molar-refractivity contribution in [3.63, 3.8) is 0 Å². The first-order valence-electron chi connectivity index (χ1n) is 18.7.